The van der Waals surface area contributed by atoms with E-state index in [1.54, 1.807) is 17.8 Å². The third-order valence-electron chi connectivity index (χ3n) is 11.2. The van der Waals surface area contributed by atoms with Gasteiger partial charge in [0.2, 0.25) is 0 Å². The summed E-state index contributed by atoms with van der Waals surface area (Å²) in [6.45, 7) is 25.2. The fourth-order valence-electron chi connectivity index (χ4n) is 5.93. The lowest BCUT2D eigenvalue weighted by Gasteiger charge is -2.40. The van der Waals surface area contributed by atoms with E-state index in [-0.39, 0.29) is 62.9 Å². The van der Waals surface area contributed by atoms with Crippen LogP contribution >= 0.6 is 0 Å². The number of ether oxygens (including phenoxy) is 1. The van der Waals surface area contributed by atoms with Gasteiger partial charge in [-0.15, -0.1) is 0 Å². The van der Waals surface area contributed by atoms with Gasteiger partial charge in [0.1, 0.15) is 29.9 Å². The van der Waals surface area contributed by atoms with Gasteiger partial charge in [-0.25, -0.2) is 14.6 Å². The number of aromatic nitrogens is 4. The van der Waals surface area contributed by atoms with E-state index in [1.807, 2.05) is 0 Å². The number of fused-ring (bicyclic) bond motifs is 2. The molecule has 0 bridgehead atoms. The van der Waals surface area contributed by atoms with Gasteiger partial charge in [0.05, 0.1) is 25.1 Å². The van der Waals surface area contributed by atoms with E-state index in [9.17, 15) is 9.59 Å². The Kier molecular flexibility index (Phi) is 8.61. The Bertz CT molecular complexity index is 2130. The largest absolute Gasteiger partial charge is 0.519 e. The van der Waals surface area contributed by atoms with Crippen LogP contribution in [0.25, 0.3) is 11.2 Å². The molecule has 2 aliphatic rings. The van der Waals surface area contributed by atoms with E-state index >= 15 is 4.39 Å². The summed E-state index contributed by atoms with van der Waals surface area (Å²) in [5.41, 5.74) is -0.751. The van der Waals surface area contributed by atoms with Gasteiger partial charge in [-0.2, -0.15) is 9.37 Å². The van der Waals surface area contributed by atoms with Crippen LogP contribution in [0.15, 0.2) is 38.6 Å². The Labute approximate surface area is 290 Å². The molecule has 3 atom stereocenters. The average Bonchev–Trinajstić information content (AvgIpc) is 3.41. The molecule has 4 aromatic heterocycles. The fraction of sp³-hybridized carbons (Fsp3) is 0.667. The zero-order chi connectivity index (χ0) is 36.8. The minimum absolute atomic E-state index is 0.00578. The van der Waals surface area contributed by atoms with E-state index in [0.717, 1.165) is 4.57 Å². The average molecular weight is 734 g/mol. The van der Waals surface area contributed by atoms with Gasteiger partial charge in [-0.05, 0) is 50.1 Å². The maximum Gasteiger partial charge on any atom is 0.519 e. The lowest BCUT2D eigenvalue weighted by atomic mass is 10.2. The summed E-state index contributed by atoms with van der Waals surface area (Å²) >= 11 is 0. The number of nitrogens with zero attached hydrogens (tertiary/aromatic N) is 5. The van der Waals surface area contributed by atoms with Gasteiger partial charge in [0.25, 0.3) is 6.08 Å². The molecule has 6 rings (SSSR count). The summed E-state index contributed by atoms with van der Waals surface area (Å²) in [4.78, 5) is 37.1. The first-order chi connectivity index (χ1) is 23.0. The Hall–Kier alpha value is -3.39. The highest BCUT2D eigenvalue weighted by Gasteiger charge is 2.77. The molecule has 1 aliphatic heterocycles. The second-order valence-electron chi connectivity index (χ2n) is 16.7. The van der Waals surface area contributed by atoms with E-state index in [4.69, 9.17) is 31.3 Å². The normalized spacial score (nSPS) is 23.3. The van der Waals surface area contributed by atoms with E-state index in [2.05, 4.69) is 82.7 Å². The van der Waals surface area contributed by atoms with E-state index < -0.39 is 51.8 Å². The van der Waals surface area contributed by atoms with E-state index in [0.29, 0.717) is 19.4 Å². The van der Waals surface area contributed by atoms with Gasteiger partial charge >= 0.3 is 11.6 Å². The molecule has 1 saturated carbocycles. The molecule has 0 N–H and O–H groups in total. The smallest absolute Gasteiger partial charge is 0.414 e. The maximum atomic E-state index is 16.1. The van der Waals surface area contributed by atoms with Crippen molar-refractivity contribution < 1.29 is 35.6 Å². The standard InChI is InChI=1S/C33H48FN5O9Si2/c1-19-21(45-28(40)43-19)14-35-25-24-26(37-27(34)38(25)15-22-20(2)44-29(41)46-22)39(18-36-24)23-13-32(48-50(11,12)31(6,7)8)16-33(32,47-23)17-42-49(9,10)30(3,4)5/h18,23H,13-17H2,1-12H3/b35-25-/t23-,32?,33-/m1/s1. The highest BCUT2D eigenvalue weighted by Crippen LogP contribution is 2.67. The van der Waals surface area contributed by atoms with Gasteiger partial charge in [0.15, 0.2) is 44.8 Å². The summed E-state index contributed by atoms with van der Waals surface area (Å²) in [7, 11) is -4.40. The molecule has 0 aromatic carbocycles. The van der Waals surface area contributed by atoms with Crippen LogP contribution in [-0.4, -0.2) is 53.5 Å². The first kappa shape index (κ1) is 36.4. The van der Waals surface area contributed by atoms with Crippen molar-refractivity contribution in [1.29, 1.82) is 0 Å². The number of imidazole rings is 1. The summed E-state index contributed by atoms with van der Waals surface area (Å²) in [5, 5.41) is -0.0321. The molecule has 5 heterocycles. The molecular weight excluding hydrogens is 686 g/mol. The van der Waals surface area contributed by atoms with Crippen LogP contribution < -0.4 is 17.1 Å². The van der Waals surface area contributed by atoms with Crippen molar-refractivity contribution >= 4 is 27.8 Å². The van der Waals surface area contributed by atoms with Crippen LogP contribution in [0.2, 0.25) is 36.3 Å². The topological polar surface area (TPSA) is 162 Å². The van der Waals surface area contributed by atoms with Crippen LogP contribution in [0.5, 0.6) is 0 Å². The van der Waals surface area contributed by atoms with Crippen molar-refractivity contribution in [2.45, 2.75) is 135 Å². The van der Waals surface area contributed by atoms with Gasteiger partial charge < -0.3 is 31.3 Å². The lowest BCUT2D eigenvalue weighted by molar-refractivity contribution is -0.0608. The number of aryl methyl sites for hydroxylation is 2. The fourth-order valence-corrected chi connectivity index (χ4v) is 8.58. The minimum atomic E-state index is -2.26. The molecule has 50 heavy (non-hydrogen) atoms. The molecule has 17 heteroatoms. The zero-order valence-corrected chi connectivity index (χ0v) is 33.0. The van der Waals surface area contributed by atoms with Gasteiger partial charge in [0, 0.05) is 12.8 Å². The van der Waals surface area contributed by atoms with Crippen LogP contribution in [0.3, 0.4) is 0 Å². The van der Waals surface area contributed by atoms with Crippen molar-refractivity contribution in [2.75, 3.05) is 6.61 Å². The van der Waals surface area contributed by atoms with Crippen LogP contribution in [0, 0.1) is 19.9 Å². The quantitative estimate of drug-likeness (QED) is 0.137. The summed E-state index contributed by atoms with van der Waals surface area (Å²) < 4.78 is 60.1. The number of hydrogen-bond donors (Lipinski definition) is 0. The summed E-state index contributed by atoms with van der Waals surface area (Å²) in [5.74, 6) is -1.09. The minimum Gasteiger partial charge on any atom is -0.414 e. The first-order valence-corrected chi connectivity index (χ1v) is 22.6. The predicted molar refractivity (Wildman–Crippen MR) is 184 cm³/mol. The number of halogens is 1. The van der Waals surface area contributed by atoms with Crippen molar-refractivity contribution in [1.82, 2.24) is 19.1 Å². The molecule has 14 nitrogen and oxygen atoms in total. The zero-order valence-electron chi connectivity index (χ0n) is 31.0. The lowest BCUT2D eigenvalue weighted by Crippen LogP contribution is -2.48. The van der Waals surface area contributed by atoms with Crippen molar-refractivity contribution in [2.24, 2.45) is 4.99 Å². The summed E-state index contributed by atoms with van der Waals surface area (Å²) in [6.07, 6.45) is 1.25. The SMILES string of the molecule is Cc1oc(=O)oc1C/N=c1/c2ncn([C@H]3CC4(O[Si](C)(C)C(C)(C)C)C[C@]4(CO[Si](C)(C)C(C)(C)C)O3)c2nc(F)n1Cc1oc(=O)oc1C. The number of hydrogen-bond acceptors (Lipinski definition) is 12. The third-order valence-corrected chi connectivity index (χ3v) is 20.2. The van der Waals surface area contributed by atoms with Gasteiger partial charge in [-0.1, -0.05) is 41.5 Å². The summed E-state index contributed by atoms with van der Waals surface area (Å²) in [6, 6.07) is 0. The molecule has 2 fully saturated rings. The van der Waals surface area contributed by atoms with Crippen LogP contribution in [0.4, 0.5) is 4.39 Å². The second kappa shape index (κ2) is 11.8. The Morgan fingerprint density at radius 1 is 0.960 bits per heavy atom. The van der Waals surface area contributed by atoms with Crippen molar-refractivity contribution in [3.63, 3.8) is 0 Å². The van der Waals surface area contributed by atoms with Crippen molar-refractivity contribution in [3.8, 4) is 0 Å². The molecular formula is C33H48FN5O9Si2. The van der Waals surface area contributed by atoms with E-state index in [1.165, 1.54) is 6.92 Å². The molecule has 0 radical (unpaired) electrons. The van der Waals surface area contributed by atoms with Crippen LogP contribution in [0.1, 0.15) is 83.7 Å². The molecule has 1 unspecified atom stereocenters. The molecule has 1 aliphatic carbocycles. The highest BCUT2D eigenvalue weighted by atomic mass is 28.4. The Morgan fingerprint density at radius 3 is 2.12 bits per heavy atom. The molecule has 4 aromatic rings. The molecule has 274 valence electrons. The monoisotopic (exact) mass is 733 g/mol. The third kappa shape index (κ3) is 6.24. The van der Waals surface area contributed by atoms with Crippen LogP contribution in [-0.2, 0) is 26.7 Å². The predicted octanol–water partition coefficient (Wildman–Crippen LogP) is 6.07. The van der Waals surface area contributed by atoms with Crippen molar-refractivity contribution in [3.05, 3.63) is 62.2 Å². The Balaban J connectivity index is 1.43. The Morgan fingerprint density at radius 2 is 1.56 bits per heavy atom. The molecule has 1 saturated heterocycles. The molecule has 0 spiro atoms. The first-order valence-electron chi connectivity index (χ1n) is 16.8. The van der Waals surface area contributed by atoms with Gasteiger partial charge in [-0.3, -0.25) is 14.1 Å². The maximum absolute atomic E-state index is 16.1. The highest BCUT2D eigenvalue weighted by molar-refractivity contribution is 6.74. The molecule has 0 amide bonds. The second-order valence-corrected chi connectivity index (χ2v) is 26.2. The number of rotatable bonds is 10.